The van der Waals surface area contributed by atoms with Crippen molar-refractivity contribution < 1.29 is 9.84 Å². The lowest BCUT2D eigenvalue weighted by molar-refractivity contribution is -0.0387. The fourth-order valence-electron chi connectivity index (χ4n) is 2.28. The number of aliphatic hydroxyl groups excluding tert-OH is 1. The van der Waals surface area contributed by atoms with Gasteiger partial charge in [0, 0.05) is 13.0 Å². The topological polar surface area (TPSA) is 29.5 Å². The van der Waals surface area contributed by atoms with E-state index in [1.165, 1.54) is 0 Å². The maximum Gasteiger partial charge on any atom is 0.109 e. The third kappa shape index (κ3) is 4.19. The van der Waals surface area contributed by atoms with E-state index >= 15 is 0 Å². The fourth-order valence-corrected chi connectivity index (χ4v) is 2.28. The number of hydrogen-bond acceptors (Lipinski definition) is 2. The average molecular weight is 270 g/mol. The Balaban J connectivity index is 2.10. The van der Waals surface area contributed by atoms with Crippen molar-refractivity contribution >= 4 is 0 Å². The summed E-state index contributed by atoms with van der Waals surface area (Å²) in [5, 5.41) is 10.5. The molecule has 2 atom stereocenters. The maximum absolute atomic E-state index is 10.5. The summed E-state index contributed by atoms with van der Waals surface area (Å²) < 4.78 is 5.86. The second-order valence-corrected chi connectivity index (χ2v) is 4.96. The van der Waals surface area contributed by atoms with Crippen LogP contribution in [0.15, 0.2) is 60.7 Å². The molecule has 0 amide bonds. The molecule has 0 fully saturated rings. The Morgan fingerprint density at radius 1 is 0.950 bits per heavy atom. The zero-order valence-corrected chi connectivity index (χ0v) is 11.9. The predicted molar refractivity (Wildman–Crippen MR) is 81.6 cm³/mol. The Bertz CT molecular complexity index is 481. The molecule has 2 aromatic carbocycles. The number of hydrogen-bond donors (Lipinski definition) is 1. The van der Waals surface area contributed by atoms with Gasteiger partial charge in [0.05, 0.1) is 6.10 Å². The van der Waals surface area contributed by atoms with Crippen LogP contribution in [0.25, 0.3) is 0 Å². The summed E-state index contributed by atoms with van der Waals surface area (Å²) in [6, 6.07) is 20.0. The maximum atomic E-state index is 10.5. The highest BCUT2D eigenvalue weighted by molar-refractivity contribution is 5.21. The summed E-state index contributed by atoms with van der Waals surface area (Å²) in [7, 11) is 0. The van der Waals surface area contributed by atoms with Gasteiger partial charge in [-0.2, -0.15) is 0 Å². The lowest BCUT2D eigenvalue weighted by Crippen LogP contribution is -2.24. The van der Waals surface area contributed by atoms with Crippen LogP contribution in [0.5, 0.6) is 0 Å². The molecule has 2 rings (SSSR count). The van der Waals surface area contributed by atoms with Gasteiger partial charge in [-0.25, -0.2) is 0 Å². The molecule has 0 radical (unpaired) electrons. The van der Waals surface area contributed by atoms with Gasteiger partial charge in [-0.15, -0.1) is 0 Å². The van der Waals surface area contributed by atoms with Crippen molar-refractivity contribution in [1.82, 2.24) is 0 Å². The highest BCUT2D eigenvalue weighted by Crippen LogP contribution is 2.24. The highest BCUT2D eigenvalue weighted by atomic mass is 16.5. The first-order chi connectivity index (χ1) is 9.81. The Labute approximate surface area is 121 Å². The minimum absolute atomic E-state index is 0.267. The lowest BCUT2D eigenvalue weighted by atomic mass is 9.98. The molecule has 106 valence electrons. The Hall–Kier alpha value is -1.64. The summed E-state index contributed by atoms with van der Waals surface area (Å²) in [6.07, 6.45) is 0.744. The van der Waals surface area contributed by atoms with Gasteiger partial charge in [-0.1, -0.05) is 67.6 Å². The molecule has 0 aliphatic rings. The van der Waals surface area contributed by atoms with Crippen LogP contribution in [0.2, 0.25) is 0 Å². The molecule has 1 N–H and O–H groups in total. The van der Waals surface area contributed by atoms with Crippen LogP contribution in [0.3, 0.4) is 0 Å². The molecule has 2 aromatic rings. The second-order valence-electron chi connectivity index (χ2n) is 4.96. The van der Waals surface area contributed by atoms with Crippen molar-refractivity contribution in [3.05, 3.63) is 71.8 Å². The first-order valence-electron chi connectivity index (χ1n) is 7.19. The van der Waals surface area contributed by atoms with E-state index in [1.54, 1.807) is 0 Å². The standard InChI is InChI=1S/C18H22O2/c1-2-13-20-18(16-11-7-4-8-12-16)17(19)14-15-9-5-3-6-10-15/h3-12,17-19H,2,13-14H2,1H3. The van der Waals surface area contributed by atoms with Crippen molar-refractivity contribution in [2.45, 2.75) is 32.0 Å². The first-order valence-corrected chi connectivity index (χ1v) is 7.19. The van der Waals surface area contributed by atoms with Gasteiger partial charge in [0.2, 0.25) is 0 Å². The monoisotopic (exact) mass is 270 g/mol. The molecule has 0 aliphatic heterocycles. The fraction of sp³-hybridized carbons (Fsp3) is 0.333. The van der Waals surface area contributed by atoms with Crippen molar-refractivity contribution in [3.8, 4) is 0 Å². The van der Waals surface area contributed by atoms with Gasteiger partial charge >= 0.3 is 0 Å². The molecule has 0 aliphatic carbocycles. The summed E-state index contributed by atoms with van der Waals surface area (Å²) in [5.41, 5.74) is 2.16. The SMILES string of the molecule is CCCOC(c1ccccc1)C(O)Cc1ccccc1. The summed E-state index contributed by atoms with van der Waals surface area (Å²) in [5.74, 6) is 0. The lowest BCUT2D eigenvalue weighted by Gasteiger charge is -2.24. The van der Waals surface area contributed by atoms with E-state index in [0.29, 0.717) is 13.0 Å². The largest absolute Gasteiger partial charge is 0.390 e. The Morgan fingerprint density at radius 3 is 2.15 bits per heavy atom. The Morgan fingerprint density at radius 2 is 1.55 bits per heavy atom. The van der Waals surface area contributed by atoms with E-state index in [4.69, 9.17) is 4.74 Å². The van der Waals surface area contributed by atoms with Crippen molar-refractivity contribution in [2.24, 2.45) is 0 Å². The van der Waals surface area contributed by atoms with Crippen molar-refractivity contribution in [1.29, 1.82) is 0 Å². The van der Waals surface area contributed by atoms with Gasteiger partial charge in [0.15, 0.2) is 0 Å². The molecule has 2 nitrogen and oxygen atoms in total. The van der Waals surface area contributed by atoms with Crippen molar-refractivity contribution in [2.75, 3.05) is 6.61 Å². The van der Waals surface area contributed by atoms with Crippen LogP contribution in [0.4, 0.5) is 0 Å². The Kier molecular flexibility index (Phi) is 5.78. The molecule has 0 spiro atoms. The molecular weight excluding hydrogens is 248 g/mol. The molecule has 0 saturated heterocycles. The van der Waals surface area contributed by atoms with E-state index in [1.807, 2.05) is 60.7 Å². The highest BCUT2D eigenvalue weighted by Gasteiger charge is 2.21. The van der Waals surface area contributed by atoms with E-state index in [-0.39, 0.29) is 6.10 Å². The van der Waals surface area contributed by atoms with Gasteiger partial charge in [-0.3, -0.25) is 0 Å². The molecular formula is C18H22O2. The molecule has 2 unspecified atom stereocenters. The van der Waals surface area contributed by atoms with Crippen LogP contribution < -0.4 is 0 Å². The summed E-state index contributed by atoms with van der Waals surface area (Å²) in [4.78, 5) is 0. The van der Waals surface area contributed by atoms with Crippen LogP contribution >= 0.6 is 0 Å². The van der Waals surface area contributed by atoms with Crippen LogP contribution in [0, 0.1) is 0 Å². The quantitative estimate of drug-likeness (QED) is 0.830. The average Bonchev–Trinajstić information content (AvgIpc) is 2.50. The zero-order chi connectivity index (χ0) is 14.2. The van der Waals surface area contributed by atoms with Crippen molar-refractivity contribution in [3.63, 3.8) is 0 Å². The number of benzene rings is 2. The van der Waals surface area contributed by atoms with Gasteiger partial charge in [-0.05, 0) is 17.5 Å². The van der Waals surface area contributed by atoms with E-state index < -0.39 is 6.10 Å². The first kappa shape index (κ1) is 14.8. The third-order valence-electron chi connectivity index (χ3n) is 3.27. The number of aliphatic hydroxyl groups is 1. The minimum Gasteiger partial charge on any atom is -0.390 e. The van der Waals surface area contributed by atoms with Crippen LogP contribution in [-0.2, 0) is 11.2 Å². The summed E-state index contributed by atoms with van der Waals surface area (Å²) >= 11 is 0. The predicted octanol–water partition coefficient (Wildman–Crippen LogP) is 3.76. The second kappa shape index (κ2) is 7.83. The van der Waals surface area contributed by atoms with Gasteiger partial charge in [0.1, 0.15) is 6.10 Å². The summed E-state index contributed by atoms with van der Waals surface area (Å²) in [6.45, 7) is 2.73. The van der Waals surface area contributed by atoms with E-state index in [2.05, 4.69) is 6.92 Å². The molecule has 0 heterocycles. The molecule has 2 heteroatoms. The van der Waals surface area contributed by atoms with Gasteiger partial charge in [0.25, 0.3) is 0 Å². The number of rotatable bonds is 7. The third-order valence-corrected chi connectivity index (χ3v) is 3.27. The van der Waals surface area contributed by atoms with E-state index in [9.17, 15) is 5.11 Å². The van der Waals surface area contributed by atoms with E-state index in [0.717, 1.165) is 17.5 Å². The van der Waals surface area contributed by atoms with Crippen LogP contribution in [0.1, 0.15) is 30.6 Å². The molecule has 0 bridgehead atoms. The molecule has 20 heavy (non-hydrogen) atoms. The van der Waals surface area contributed by atoms with Gasteiger partial charge < -0.3 is 9.84 Å². The normalized spacial score (nSPS) is 13.9. The zero-order valence-electron chi connectivity index (χ0n) is 11.9. The minimum atomic E-state index is -0.536. The molecule has 0 saturated carbocycles. The van der Waals surface area contributed by atoms with Crippen LogP contribution in [-0.4, -0.2) is 17.8 Å². The smallest absolute Gasteiger partial charge is 0.109 e. The molecule has 0 aromatic heterocycles. The number of ether oxygens (including phenoxy) is 1.